The topological polar surface area (TPSA) is 186 Å². The lowest BCUT2D eigenvalue weighted by Crippen LogP contribution is -2.52. The number of aryl methyl sites for hydroxylation is 1. The maximum atomic E-state index is 12.7. The van der Waals surface area contributed by atoms with Crippen molar-refractivity contribution in [3.63, 3.8) is 0 Å². The van der Waals surface area contributed by atoms with Crippen molar-refractivity contribution in [3.05, 3.63) is 77.3 Å². The van der Waals surface area contributed by atoms with Crippen LogP contribution in [0.3, 0.4) is 0 Å². The van der Waals surface area contributed by atoms with E-state index in [1.54, 1.807) is 43.5 Å². The molecule has 5 amide bonds. The summed E-state index contributed by atoms with van der Waals surface area (Å²) in [6.07, 6.45) is 7.23. The van der Waals surface area contributed by atoms with Gasteiger partial charge in [0.2, 0.25) is 23.6 Å². The van der Waals surface area contributed by atoms with Crippen LogP contribution in [0.5, 0.6) is 5.75 Å². The molecule has 0 aromatic heterocycles. The van der Waals surface area contributed by atoms with E-state index in [1.807, 2.05) is 18.2 Å². The first-order chi connectivity index (χ1) is 26.4. The molecule has 3 heterocycles. The summed E-state index contributed by atoms with van der Waals surface area (Å²) in [6.45, 7) is 14.8. The summed E-state index contributed by atoms with van der Waals surface area (Å²) in [4.78, 5) is 73.8. The summed E-state index contributed by atoms with van der Waals surface area (Å²) in [5.41, 5.74) is 0.787. The second kappa shape index (κ2) is 19.1. The molecule has 0 spiro atoms. The number of benzene rings is 2. The summed E-state index contributed by atoms with van der Waals surface area (Å²) in [5.74, 6) is -0.197. The lowest BCUT2D eigenvalue weighted by atomic mass is 9.97. The number of piperidine rings is 1. The van der Waals surface area contributed by atoms with Crippen molar-refractivity contribution in [1.82, 2.24) is 25.8 Å². The van der Waals surface area contributed by atoms with Crippen LogP contribution in [0.2, 0.25) is 0 Å². The highest BCUT2D eigenvalue weighted by Crippen LogP contribution is 2.24. The van der Waals surface area contributed by atoms with Crippen molar-refractivity contribution in [2.24, 2.45) is 10.9 Å². The maximum absolute atomic E-state index is 12.7. The van der Waals surface area contributed by atoms with Crippen molar-refractivity contribution >= 4 is 46.7 Å². The van der Waals surface area contributed by atoms with E-state index in [0.29, 0.717) is 42.9 Å². The molecule has 5 rings (SSSR count). The summed E-state index contributed by atoms with van der Waals surface area (Å²) in [5, 5.41) is 21.4. The van der Waals surface area contributed by atoms with E-state index in [0.717, 1.165) is 62.5 Å². The number of anilines is 1. The van der Waals surface area contributed by atoms with Gasteiger partial charge in [0.25, 0.3) is 5.91 Å². The van der Waals surface area contributed by atoms with Gasteiger partial charge >= 0.3 is 0 Å². The maximum Gasteiger partial charge on any atom is 0.259 e. The van der Waals surface area contributed by atoms with E-state index >= 15 is 0 Å². The number of allylic oxidation sites excluding steroid dienone is 1. The van der Waals surface area contributed by atoms with Gasteiger partial charge in [-0.3, -0.25) is 34.2 Å². The molecule has 292 valence electrons. The van der Waals surface area contributed by atoms with Crippen LogP contribution in [0, 0.1) is 19.4 Å². The zero-order valence-corrected chi connectivity index (χ0v) is 31.4. The number of imide groups is 1. The van der Waals surface area contributed by atoms with Crippen LogP contribution in [0.25, 0.3) is 4.85 Å². The first-order valence-corrected chi connectivity index (χ1v) is 18.7. The number of rotatable bonds is 15. The van der Waals surface area contributed by atoms with Crippen molar-refractivity contribution in [2.45, 2.75) is 77.0 Å². The van der Waals surface area contributed by atoms with Crippen LogP contribution in [0.15, 0.2) is 59.7 Å². The predicted molar refractivity (Wildman–Crippen MR) is 206 cm³/mol. The third kappa shape index (κ3) is 12.2. The second-order valence-corrected chi connectivity index (χ2v) is 14.5. The van der Waals surface area contributed by atoms with E-state index in [4.69, 9.17) is 11.3 Å². The molecule has 0 radical (unpaired) electrons. The van der Waals surface area contributed by atoms with E-state index in [1.165, 1.54) is 6.92 Å². The normalized spacial score (nSPS) is 19.7. The number of hydrogen-bond donors (Lipinski definition) is 5. The number of piperazine rings is 1. The van der Waals surface area contributed by atoms with E-state index in [-0.39, 0.29) is 43.1 Å². The van der Waals surface area contributed by atoms with Gasteiger partial charge in [0.05, 0.1) is 6.57 Å². The largest absolute Gasteiger partial charge is 0.490 e. The number of aliphatic imine (C=N–C) groups is 1. The van der Waals surface area contributed by atoms with Crippen LogP contribution in [0.4, 0.5) is 11.4 Å². The van der Waals surface area contributed by atoms with Crippen LogP contribution >= 0.6 is 0 Å². The quantitative estimate of drug-likeness (QED) is 0.104. The molecule has 2 aromatic rings. The first kappa shape index (κ1) is 40.6. The molecule has 15 nitrogen and oxygen atoms in total. The lowest BCUT2D eigenvalue weighted by Gasteiger charge is -2.37. The highest BCUT2D eigenvalue weighted by Gasteiger charge is 2.32. The minimum Gasteiger partial charge on any atom is -0.490 e. The fourth-order valence-corrected chi connectivity index (χ4v) is 6.54. The highest BCUT2D eigenvalue weighted by molar-refractivity contribution is 6.01. The van der Waals surface area contributed by atoms with Crippen LogP contribution < -0.4 is 26.0 Å². The molecule has 0 bridgehead atoms. The molecular weight excluding hydrogens is 704 g/mol. The standard InChI is InChI=1S/C40H50N8O7/c1-27-22-30(9-12-32(27)41-3)44-39(53)40(2,54)26-55-31-10-7-28(8-11-31)25-43-35(49)6-4-5-17-47-18-20-48(21-19-47)34-23-29(15-16-42-34)24-37(51)45-33-13-14-36(50)46-38(33)52/h7-12,15-16,22,29,33,54H,4-6,13-14,17-21,23-26H2,1-2H3,(H,43,49)(H,44,53)(H,45,51)(H,46,50,52)/t29?,33?,40-/m0/s1. The van der Waals surface area contributed by atoms with Gasteiger partial charge in [-0.1, -0.05) is 24.3 Å². The van der Waals surface area contributed by atoms with Crippen molar-refractivity contribution < 1.29 is 33.8 Å². The van der Waals surface area contributed by atoms with Gasteiger partial charge in [-0.2, -0.15) is 0 Å². The van der Waals surface area contributed by atoms with Gasteiger partial charge < -0.3 is 30.7 Å². The number of amidine groups is 1. The molecule has 2 saturated heterocycles. The number of aliphatic hydroxyl groups is 1. The molecule has 55 heavy (non-hydrogen) atoms. The zero-order chi connectivity index (χ0) is 39.4. The Morgan fingerprint density at radius 2 is 1.84 bits per heavy atom. The molecule has 5 N–H and O–H groups in total. The summed E-state index contributed by atoms with van der Waals surface area (Å²) in [7, 11) is 0. The van der Waals surface area contributed by atoms with Gasteiger partial charge in [0, 0.05) is 70.3 Å². The Hall–Kier alpha value is -5.59. The molecule has 3 atom stereocenters. The number of ether oxygens (including phenoxy) is 1. The Morgan fingerprint density at radius 1 is 1.07 bits per heavy atom. The van der Waals surface area contributed by atoms with Gasteiger partial charge in [-0.05, 0) is 81.0 Å². The molecular formula is C40H50N8O7. The molecule has 2 unspecified atom stereocenters. The molecule has 2 aromatic carbocycles. The molecule has 0 aliphatic carbocycles. The number of amides is 5. The smallest absolute Gasteiger partial charge is 0.259 e. The third-order valence-electron chi connectivity index (χ3n) is 9.91. The molecule has 2 fully saturated rings. The Labute approximate surface area is 321 Å². The number of unbranched alkanes of at least 4 members (excludes halogenated alkanes) is 1. The second-order valence-electron chi connectivity index (χ2n) is 14.5. The number of carbonyl (C=O) groups is 5. The van der Waals surface area contributed by atoms with Gasteiger partial charge in [-0.15, -0.1) is 0 Å². The minimum atomic E-state index is -1.80. The number of nitrogens with zero attached hydrogens (tertiary/aromatic N) is 4. The lowest BCUT2D eigenvalue weighted by molar-refractivity contribution is -0.137. The van der Waals surface area contributed by atoms with Crippen LogP contribution in [-0.2, 0) is 30.5 Å². The average molecular weight is 755 g/mol. The summed E-state index contributed by atoms with van der Waals surface area (Å²) >= 11 is 0. The molecule has 0 saturated carbocycles. The zero-order valence-electron chi connectivity index (χ0n) is 31.4. The Kier molecular flexibility index (Phi) is 14.1. The SMILES string of the molecule is [C-]#[N+]c1ccc(NC(=O)[C@@](C)(O)COc2ccc(CNC(=O)CCCCN3CCN(C4=NC=CC(CC(=O)NC5CCC(=O)NC5=O)C4)CC3)cc2)cc1C. The van der Waals surface area contributed by atoms with Gasteiger partial charge in [-0.25, -0.2) is 9.84 Å². The monoisotopic (exact) mass is 754 g/mol. The number of nitrogens with one attached hydrogen (secondary N) is 4. The Morgan fingerprint density at radius 3 is 2.55 bits per heavy atom. The molecule has 15 heteroatoms. The predicted octanol–water partition coefficient (Wildman–Crippen LogP) is 2.96. The van der Waals surface area contributed by atoms with Crippen molar-refractivity contribution in [2.75, 3.05) is 44.6 Å². The third-order valence-corrected chi connectivity index (χ3v) is 9.91. The van der Waals surface area contributed by atoms with E-state index in [9.17, 15) is 29.1 Å². The van der Waals surface area contributed by atoms with Gasteiger partial charge in [0.1, 0.15) is 24.2 Å². The van der Waals surface area contributed by atoms with Crippen molar-refractivity contribution in [1.29, 1.82) is 0 Å². The minimum absolute atomic E-state index is 0.0124. The fraction of sp³-hybridized carbons (Fsp3) is 0.475. The van der Waals surface area contributed by atoms with E-state index < -0.39 is 23.5 Å². The van der Waals surface area contributed by atoms with Gasteiger partial charge in [0.15, 0.2) is 11.3 Å². The summed E-state index contributed by atoms with van der Waals surface area (Å²) < 4.78 is 5.68. The molecule has 3 aliphatic heterocycles. The van der Waals surface area contributed by atoms with Crippen LogP contribution in [0.1, 0.15) is 63.0 Å². The Bertz CT molecular complexity index is 1830. The number of carbonyl (C=O) groups excluding carboxylic acids is 5. The van der Waals surface area contributed by atoms with Crippen LogP contribution in [-0.4, -0.2) is 101 Å². The summed E-state index contributed by atoms with van der Waals surface area (Å²) in [6, 6.07) is 11.3. The Balaban J connectivity index is 0.919. The average Bonchev–Trinajstić information content (AvgIpc) is 3.17. The van der Waals surface area contributed by atoms with Crippen molar-refractivity contribution in [3.8, 4) is 5.75 Å². The molecule has 3 aliphatic rings. The number of hydrogen-bond acceptors (Lipinski definition) is 10. The highest BCUT2D eigenvalue weighted by atomic mass is 16.5. The fourth-order valence-electron chi connectivity index (χ4n) is 6.54. The van der Waals surface area contributed by atoms with E-state index in [2.05, 4.69) is 40.9 Å². The first-order valence-electron chi connectivity index (χ1n) is 18.7.